The molecular formula is C31H37Cl2N3O4S. The normalized spacial score (nSPS) is 12.9. The van der Waals surface area contributed by atoms with Gasteiger partial charge in [-0.3, -0.25) is 13.9 Å². The first kappa shape index (κ1) is 32.4. The third-order valence-electron chi connectivity index (χ3n) is 7.03. The van der Waals surface area contributed by atoms with Crippen LogP contribution in [-0.2, 0) is 32.6 Å². The molecule has 220 valence electrons. The summed E-state index contributed by atoms with van der Waals surface area (Å²) in [6.07, 6.45) is 1.97. The van der Waals surface area contributed by atoms with Crippen molar-refractivity contribution in [3.63, 3.8) is 0 Å². The summed E-state index contributed by atoms with van der Waals surface area (Å²) in [4.78, 5) is 29.4. The van der Waals surface area contributed by atoms with E-state index in [4.69, 9.17) is 23.2 Å². The predicted octanol–water partition coefficient (Wildman–Crippen LogP) is 5.93. The summed E-state index contributed by atoms with van der Waals surface area (Å²) >= 11 is 13.0. The van der Waals surface area contributed by atoms with Crippen LogP contribution in [-0.4, -0.2) is 50.0 Å². The first-order valence-electron chi connectivity index (χ1n) is 13.4. The summed E-state index contributed by atoms with van der Waals surface area (Å²) in [5.74, 6) is -0.910. The van der Waals surface area contributed by atoms with Crippen molar-refractivity contribution in [2.45, 2.75) is 59.2 Å². The summed E-state index contributed by atoms with van der Waals surface area (Å²) in [6.45, 7) is 6.84. The highest BCUT2D eigenvalue weighted by Crippen LogP contribution is 2.30. The van der Waals surface area contributed by atoms with Crippen molar-refractivity contribution in [1.82, 2.24) is 10.2 Å². The number of nitrogens with zero attached hydrogens (tertiary/aromatic N) is 2. The number of carbonyl (C=O) groups is 2. The molecule has 0 fully saturated rings. The summed E-state index contributed by atoms with van der Waals surface area (Å²) < 4.78 is 27.3. The molecule has 7 nitrogen and oxygen atoms in total. The Kier molecular flexibility index (Phi) is 11.2. The van der Waals surface area contributed by atoms with Crippen LogP contribution in [0, 0.1) is 13.8 Å². The summed E-state index contributed by atoms with van der Waals surface area (Å²) in [5, 5.41) is 3.68. The van der Waals surface area contributed by atoms with Crippen molar-refractivity contribution < 1.29 is 18.0 Å². The van der Waals surface area contributed by atoms with E-state index in [1.807, 2.05) is 50.2 Å². The first-order valence-corrected chi connectivity index (χ1v) is 16.0. The number of nitrogens with one attached hydrogen (secondary N) is 1. The molecule has 0 heterocycles. The van der Waals surface area contributed by atoms with E-state index in [0.717, 1.165) is 16.1 Å². The molecule has 0 radical (unpaired) electrons. The summed E-state index contributed by atoms with van der Waals surface area (Å²) in [5.41, 5.74) is 3.16. The SMILES string of the molecule is CC[C@@H](C)NC(=O)[C@@H](Cc1ccccc1)N(Cc1c(Cl)cccc1Cl)C(=O)CN(c1c(C)cccc1C)S(C)(=O)=O. The molecule has 0 bridgehead atoms. The van der Waals surface area contributed by atoms with Crippen molar-refractivity contribution in [3.8, 4) is 0 Å². The van der Waals surface area contributed by atoms with E-state index in [2.05, 4.69) is 5.32 Å². The molecule has 0 saturated heterocycles. The Balaban J connectivity index is 2.14. The molecule has 41 heavy (non-hydrogen) atoms. The van der Waals surface area contributed by atoms with Gasteiger partial charge in [-0.25, -0.2) is 8.42 Å². The van der Waals surface area contributed by atoms with Crippen molar-refractivity contribution in [2.24, 2.45) is 0 Å². The van der Waals surface area contributed by atoms with Gasteiger partial charge in [0.1, 0.15) is 12.6 Å². The fourth-order valence-electron chi connectivity index (χ4n) is 4.62. The van der Waals surface area contributed by atoms with Crippen LogP contribution in [0.2, 0.25) is 10.0 Å². The van der Waals surface area contributed by atoms with Gasteiger partial charge in [-0.05, 0) is 56.0 Å². The quantitative estimate of drug-likeness (QED) is 0.273. The topological polar surface area (TPSA) is 86.8 Å². The van der Waals surface area contributed by atoms with Gasteiger partial charge in [0.15, 0.2) is 0 Å². The van der Waals surface area contributed by atoms with Crippen LogP contribution in [0.25, 0.3) is 0 Å². The van der Waals surface area contributed by atoms with Gasteiger partial charge >= 0.3 is 0 Å². The maximum Gasteiger partial charge on any atom is 0.244 e. The second-order valence-corrected chi connectivity index (χ2v) is 13.0. The fourth-order valence-corrected chi connectivity index (χ4v) is 6.11. The van der Waals surface area contributed by atoms with Crippen LogP contribution in [0.3, 0.4) is 0 Å². The van der Waals surface area contributed by atoms with Gasteiger partial charge < -0.3 is 10.2 Å². The van der Waals surface area contributed by atoms with Gasteiger partial charge in [-0.15, -0.1) is 0 Å². The van der Waals surface area contributed by atoms with Crippen molar-refractivity contribution in [3.05, 3.63) is 99.0 Å². The van der Waals surface area contributed by atoms with Gasteiger partial charge in [-0.1, -0.05) is 84.7 Å². The minimum atomic E-state index is -3.88. The summed E-state index contributed by atoms with van der Waals surface area (Å²) in [6, 6.07) is 18.7. The smallest absolute Gasteiger partial charge is 0.244 e. The Labute approximate surface area is 253 Å². The Morgan fingerprint density at radius 3 is 2.00 bits per heavy atom. The number of halogens is 2. The van der Waals surface area contributed by atoms with E-state index in [1.165, 1.54) is 4.90 Å². The summed E-state index contributed by atoms with van der Waals surface area (Å²) in [7, 11) is -3.88. The third-order valence-corrected chi connectivity index (χ3v) is 8.85. The van der Waals surface area contributed by atoms with Crippen LogP contribution in [0.4, 0.5) is 5.69 Å². The van der Waals surface area contributed by atoms with Gasteiger partial charge in [0.05, 0.1) is 11.9 Å². The Bertz CT molecular complexity index is 1440. The average Bonchev–Trinajstić information content (AvgIpc) is 2.91. The molecule has 10 heteroatoms. The maximum atomic E-state index is 14.3. The monoisotopic (exact) mass is 617 g/mol. The Hall–Kier alpha value is -3.07. The number of hydrogen-bond donors (Lipinski definition) is 1. The lowest BCUT2D eigenvalue weighted by atomic mass is 10.0. The molecule has 1 N–H and O–H groups in total. The Morgan fingerprint density at radius 2 is 1.46 bits per heavy atom. The van der Waals surface area contributed by atoms with Gasteiger partial charge in [0, 0.05) is 34.6 Å². The van der Waals surface area contributed by atoms with Crippen molar-refractivity contribution >= 4 is 50.7 Å². The molecule has 0 aliphatic heterocycles. The number of sulfonamides is 1. The molecule has 0 saturated carbocycles. The number of para-hydroxylation sites is 1. The number of benzene rings is 3. The van der Waals surface area contributed by atoms with E-state index in [1.54, 1.807) is 44.2 Å². The van der Waals surface area contributed by atoms with Crippen LogP contribution in [0.1, 0.15) is 42.5 Å². The standard InChI is InChI=1S/C31H37Cl2N3O4S/c1-6-23(4)34-31(38)28(18-24-14-8-7-9-15-24)35(19-25-26(32)16-11-17-27(25)33)29(37)20-36(41(5,39)40)30-21(2)12-10-13-22(30)3/h7-17,23,28H,6,18-20H2,1-5H3,(H,34,38)/t23-,28-/m1/s1. The molecule has 0 spiro atoms. The van der Waals surface area contributed by atoms with E-state index in [0.29, 0.717) is 38.8 Å². The number of anilines is 1. The Morgan fingerprint density at radius 1 is 0.902 bits per heavy atom. The van der Waals surface area contributed by atoms with E-state index >= 15 is 0 Å². The molecule has 3 aromatic carbocycles. The zero-order chi connectivity index (χ0) is 30.3. The molecular weight excluding hydrogens is 581 g/mol. The van der Waals surface area contributed by atoms with Crippen molar-refractivity contribution in [2.75, 3.05) is 17.1 Å². The highest BCUT2D eigenvalue weighted by atomic mass is 35.5. The zero-order valence-corrected chi connectivity index (χ0v) is 26.4. The number of carbonyl (C=O) groups excluding carboxylic acids is 2. The minimum absolute atomic E-state index is 0.0902. The van der Waals surface area contributed by atoms with Gasteiger partial charge in [0.25, 0.3) is 0 Å². The molecule has 3 aromatic rings. The van der Waals surface area contributed by atoms with E-state index in [-0.39, 0.29) is 24.9 Å². The first-order chi connectivity index (χ1) is 19.3. The molecule has 2 atom stereocenters. The zero-order valence-electron chi connectivity index (χ0n) is 24.0. The number of rotatable bonds is 12. The molecule has 0 aromatic heterocycles. The predicted molar refractivity (Wildman–Crippen MR) is 167 cm³/mol. The molecule has 2 amide bonds. The van der Waals surface area contributed by atoms with Crippen LogP contribution >= 0.6 is 23.2 Å². The lowest BCUT2D eigenvalue weighted by Crippen LogP contribution is -2.54. The molecule has 0 unspecified atom stereocenters. The van der Waals surface area contributed by atoms with E-state index < -0.39 is 28.5 Å². The van der Waals surface area contributed by atoms with Gasteiger partial charge in [0.2, 0.25) is 21.8 Å². The lowest BCUT2D eigenvalue weighted by molar-refractivity contribution is -0.140. The number of amides is 2. The minimum Gasteiger partial charge on any atom is -0.352 e. The fraction of sp³-hybridized carbons (Fsp3) is 0.355. The second kappa shape index (κ2) is 14.2. The number of hydrogen-bond acceptors (Lipinski definition) is 4. The lowest BCUT2D eigenvalue weighted by Gasteiger charge is -2.35. The second-order valence-electron chi connectivity index (χ2n) is 10.3. The van der Waals surface area contributed by atoms with E-state index in [9.17, 15) is 18.0 Å². The largest absolute Gasteiger partial charge is 0.352 e. The number of aryl methyl sites for hydroxylation is 2. The van der Waals surface area contributed by atoms with Crippen LogP contribution in [0.5, 0.6) is 0 Å². The molecule has 3 rings (SSSR count). The highest BCUT2D eigenvalue weighted by molar-refractivity contribution is 7.92. The van der Waals surface area contributed by atoms with Crippen molar-refractivity contribution in [1.29, 1.82) is 0 Å². The molecule has 0 aliphatic rings. The van der Waals surface area contributed by atoms with Crippen LogP contribution in [0.15, 0.2) is 66.7 Å². The highest BCUT2D eigenvalue weighted by Gasteiger charge is 2.34. The van der Waals surface area contributed by atoms with Crippen LogP contribution < -0.4 is 9.62 Å². The maximum absolute atomic E-state index is 14.3. The third kappa shape index (κ3) is 8.47. The van der Waals surface area contributed by atoms with Gasteiger partial charge in [-0.2, -0.15) is 0 Å². The average molecular weight is 619 g/mol. The molecule has 0 aliphatic carbocycles.